The summed E-state index contributed by atoms with van der Waals surface area (Å²) in [6.07, 6.45) is 2.10. The monoisotopic (exact) mass is 458 g/mol. The normalized spacial score (nSPS) is 13.1. The summed E-state index contributed by atoms with van der Waals surface area (Å²) >= 11 is 9.62. The number of hydrogen-bond donors (Lipinski definition) is 1. The first-order valence-corrected chi connectivity index (χ1v) is 10.1. The van der Waals surface area contributed by atoms with Gasteiger partial charge in [-0.25, -0.2) is 0 Å². The lowest BCUT2D eigenvalue weighted by atomic mass is 9.82. The number of aliphatic hydroxyl groups excluding tert-OH is 1. The molecule has 1 aromatic heterocycles. The Labute approximate surface area is 177 Å². The average molecular weight is 460 g/mol. The van der Waals surface area contributed by atoms with Crippen molar-refractivity contribution >= 4 is 27.5 Å². The van der Waals surface area contributed by atoms with Crippen molar-refractivity contribution in [3.8, 4) is 0 Å². The highest BCUT2D eigenvalue weighted by molar-refractivity contribution is 9.10. The van der Waals surface area contributed by atoms with Crippen molar-refractivity contribution in [2.24, 2.45) is 5.18 Å². The Balaban J connectivity index is 2.02. The molecule has 0 spiro atoms. The zero-order chi connectivity index (χ0) is 20.1. The van der Waals surface area contributed by atoms with Crippen LogP contribution in [0.1, 0.15) is 46.3 Å². The fraction of sp³-hybridized carbons (Fsp3) is 0.227. The van der Waals surface area contributed by atoms with Crippen LogP contribution in [0.3, 0.4) is 0 Å². The maximum Gasteiger partial charge on any atom is 0.118 e. The van der Waals surface area contributed by atoms with E-state index in [9.17, 15) is 10.0 Å². The highest BCUT2D eigenvalue weighted by Crippen LogP contribution is 2.38. The number of rotatable bonds is 7. The van der Waals surface area contributed by atoms with Crippen molar-refractivity contribution in [1.82, 2.24) is 4.98 Å². The highest BCUT2D eigenvalue weighted by atomic mass is 79.9. The topological polar surface area (TPSA) is 62.5 Å². The molecule has 0 aliphatic heterocycles. The molecule has 2 atom stereocenters. The van der Waals surface area contributed by atoms with Gasteiger partial charge < -0.3 is 5.11 Å². The highest BCUT2D eigenvalue weighted by Gasteiger charge is 2.24. The average Bonchev–Trinajstić information content (AvgIpc) is 2.70. The van der Waals surface area contributed by atoms with Crippen LogP contribution in [0.15, 0.2) is 70.4 Å². The van der Waals surface area contributed by atoms with Gasteiger partial charge in [0.05, 0.1) is 12.3 Å². The van der Waals surface area contributed by atoms with Crippen LogP contribution in [0.4, 0.5) is 0 Å². The van der Waals surface area contributed by atoms with Gasteiger partial charge in [0.2, 0.25) is 0 Å². The summed E-state index contributed by atoms with van der Waals surface area (Å²) in [5.41, 5.74) is 4.54. The summed E-state index contributed by atoms with van der Waals surface area (Å²) < 4.78 is 0.995. The second kappa shape index (κ2) is 9.41. The fourth-order valence-electron chi connectivity index (χ4n) is 3.42. The van der Waals surface area contributed by atoms with E-state index in [2.05, 4.69) is 38.2 Å². The molecule has 4 nitrogen and oxygen atoms in total. The van der Waals surface area contributed by atoms with Gasteiger partial charge >= 0.3 is 0 Å². The van der Waals surface area contributed by atoms with Crippen LogP contribution in [0.5, 0.6) is 0 Å². The molecule has 0 fully saturated rings. The van der Waals surface area contributed by atoms with Crippen LogP contribution in [0, 0.1) is 11.8 Å². The predicted molar refractivity (Wildman–Crippen MR) is 115 cm³/mol. The molecule has 6 heteroatoms. The Morgan fingerprint density at radius 1 is 1.11 bits per heavy atom. The number of aryl methyl sites for hydroxylation is 1. The minimum Gasteiger partial charge on any atom is -0.390 e. The van der Waals surface area contributed by atoms with Crippen molar-refractivity contribution in [3.63, 3.8) is 0 Å². The molecule has 2 aromatic carbocycles. The first-order chi connectivity index (χ1) is 13.5. The van der Waals surface area contributed by atoms with Gasteiger partial charge in [-0.1, -0.05) is 50.9 Å². The number of hydrogen-bond acceptors (Lipinski definition) is 4. The molecule has 2 unspecified atom stereocenters. The smallest absolute Gasteiger partial charge is 0.118 e. The number of nitroso groups, excluding NO2 is 1. The molecule has 28 heavy (non-hydrogen) atoms. The molecule has 0 aliphatic rings. The molecule has 0 aliphatic carbocycles. The van der Waals surface area contributed by atoms with Crippen molar-refractivity contribution in [1.29, 1.82) is 0 Å². The molecular weight excluding hydrogens is 440 g/mol. The molecule has 3 aromatic rings. The zero-order valence-electron chi connectivity index (χ0n) is 15.3. The lowest BCUT2D eigenvalue weighted by Gasteiger charge is -2.23. The number of aromatic nitrogens is 1. The van der Waals surface area contributed by atoms with Gasteiger partial charge in [0, 0.05) is 21.6 Å². The number of nitrogens with zero attached hydrogens (tertiary/aromatic N) is 2. The van der Waals surface area contributed by atoms with Gasteiger partial charge in [-0.2, -0.15) is 4.91 Å². The maximum atomic E-state index is 11.7. The Kier molecular flexibility index (Phi) is 6.94. The van der Waals surface area contributed by atoms with Crippen LogP contribution >= 0.6 is 27.5 Å². The second-order valence-electron chi connectivity index (χ2n) is 6.70. The second-order valence-corrected chi connectivity index (χ2v) is 8.05. The van der Waals surface area contributed by atoms with Gasteiger partial charge in [0.15, 0.2) is 0 Å². The minimum atomic E-state index is -0.558. The molecular formula is C22H20BrClN2O2. The van der Waals surface area contributed by atoms with Crippen molar-refractivity contribution in [3.05, 3.63) is 103 Å². The van der Waals surface area contributed by atoms with E-state index in [0.717, 1.165) is 26.7 Å². The molecule has 3 rings (SSSR count). The summed E-state index contributed by atoms with van der Waals surface area (Å²) in [6, 6.07) is 16.9. The molecule has 0 saturated heterocycles. The number of halogens is 2. The summed E-state index contributed by atoms with van der Waals surface area (Å²) in [5, 5.41) is 13.4. The minimum absolute atomic E-state index is 0.0289. The molecule has 144 valence electrons. The van der Waals surface area contributed by atoms with Gasteiger partial charge in [0.1, 0.15) is 6.04 Å². The predicted octanol–water partition coefficient (Wildman–Crippen LogP) is 6.33. The van der Waals surface area contributed by atoms with E-state index in [-0.39, 0.29) is 12.5 Å². The van der Waals surface area contributed by atoms with Crippen molar-refractivity contribution in [2.45, 2.75) is 31.9 Å². The summed E-state index contributed by atoms with van der Waals surface area (Å²) in [6.45, 7) is 1.85. The Bertz CT molecular complexity index is 963. The zero-order valence-corrected chi connectivity index (χ0v) is 17.7. The molecule has 0 saturated carbocycles. The SMILES string of the molecule is Cc1cc(Cl)ccc1C(CC(N=O)c1ccnc(CO)c1)c1ccc(Br)cc1. The molecule has 0 amide bonds. The van der Waals surface area contributed by atoms with Crippen LogP contribution in [0.25, 0.3) is 0 Å². The van der Waals surface area contributed by atoms with Crippen molar-refractivity contribution in [2.75, 3.05) is 0 Å². The van der Waals surface area contributed by atoms with Gasteiger partial charge in [-0.05, 0) is 72.0 Å². The summed E-state index contributed by atoms with van der Waals surface area (Å²) in [7, 11) is 0. The maximum absolute atomic E-state index is 11.7. The Hall–Kier alpha value is -2.08. The molecule has 0 bridgehead atoms. The largest absolute Gasteiger partial charge is 0.390 e. The molecule has 1 N–H and O–H groups in total. The number of benzene rings is 2. The van der Waals surface area contributed by atoms with E-state index in [1.54, 1.807) is 18.3 Å². The van der Waals surface area contributed by atoms with Crippen molar-refractivity contribution < 1.29 is 5.11 Å². The Morgan fingerprint density at radius 3 is 2.50 bits per heavy atom. The first kappa shape index (κ1) is 20.6. The third kappa shape index (κ3) is 4.85. The van der Waals surface area contributed by atoms with E-state index in [0.29, 0.717) is 17.1 Å². The van der Waals surface area contributed by atoms with Crippen LogP contribution in [0.2, 0.25) is 5.02 Å². The van der Waals surface area contributed by atoms with E-state index in [4.69, 9.17) is 11.6 Å². The number of aliphatic hydroxyl groups is 1. The van der Waals surface area contributed by atoms with Crippen LogP contribution in [-0.2, 0) is 6.61 Å². The van der Waals surface area contributed by atoms with Gasteiger partial charge in [-0.15, -0.1) is 0 Å². The quantitative estimate of drug-likeness (QED) is 0.420. The standard InChI is InChI=1S/C22H20BrClN2O2/c1-14-10-18(24)6-7-20(14)21(15-2-4-17(23)5-3-15)12-22(26-28)16-8-9-25-19(11-16)13-27/h2-11,21-22,27H,12-13H2,1H3. The van der Waals surface area contributed by atoms with E-state index in [1.165, 1.54) is 0 Å². The first-order valence-electron chi connectivity index (χ1n) is 8.91. The summed E-state index contributed by atoms with van der Waals surface area (Å²) in [4.78, 5) is 15.8. The van der Waals surface area contributed by atoms with Gasteiger partial charge in [-0.3, -0.25) is 4.98 Å². The van der Waals surface area contributed by atoms with E-state index < -0.39 is 6.04 Å². The lowest BCUT2D eigenvalue weighted by Crippen LogP contribution is -2.09. The summed E-state index contributed by atoms with van der Waals surface area (Å²) in [5.74, 6) is -0.0289. The van der Waals surface area contributed by atoms with Crippen LogP contribution in [-0.4, -0.2) is 10.1 Å². The van der Waals surface area contributed by atoms with E-state index in [1.807, 2.05) is 37.3 Å². The third-order valence-corrected chi connectivity index (χ3v) is 5.62. The van der Waals surface area contributed by atoms with Crippen LogP contribution < -0.4 is 0 Å². The molecule has 1 heterocycles. The van der Waals surface area contributed by atoms with E-state index >= 15 is 0 Å². The fourth-order valence-corrected chi connectivity index (χ4v) is 3.91. The third-order valence-electron chi connectivity index (χ3n) is 4.85. The van der Waals surface area contributed by atoms with Gasteiger partial charge in [0.25, 0.3) is 0 Å². The molecule has 0 radical (unpaired) electrons. The lowest BCUT2D eigenvalue weighted by molar-refractivity contribution is 0.276. The number of pyridine rings is 1. The Morgan fingerprint density at radius 2 is 1.86 bits per heavy atom.